The number of aromatic nitrogens is 2. The summed E-state index contributed by atoms with van der Waals surface area (Å²) < 4.78 is 13.3. The van der Waals surface area contributed by atoms with Crippen molar-refractivity contribution >= 4 is 5.82 Å². The number of phenols is 1. The second-order valence-corrected chi connectivity index (χ2v) is 4.78. The number of nitrogens with zero attached hydrogens (tertiary/aromatic N) is 2. The normalized spacial score (nSPS) is 11.0. The fourth-order valence-corrected chi connectivity index (χ4v) is 2.15. The van der Waals surface area contributed by atoms with Crippen LogP contribution in [0.25, 0.3) is 11.4 Å². The zero-order valence-corrected chi connectivity index (χ0v) is 11.1. The minimum Gasteiger partial charge on any atom is -0.508 e. The van der Waals surface area contributed by atoms with Crippen molar-refractivity contribution in [1.82, 2.24) is 9.97 Å². The third-order valence-electron chi connectivity index (χ3n) is 2.88. The molecule has 0 bridgehead atoms. The number of halogens is 1. The molecule has 1 aromatic heterocycles. The van der Waals surface area contributed by atoms with Gasteiger partial charge >= 0.3 is 0 Å². The van der Waals surface area contributed by atoms with Crippen molar-refractivity contribution < 1.29 is 9.50 Å². The molecule has 0 radical (unpaired) electrons. The number of nitrogens with two attached hydrogens (primary N) is 1. The minimum absolute atomic E-state index is 0.164. The predicted molar refractivity (Wildman–Crippen MR) is 72.3 cm³/mol. The van der Waals surface area contributed by atoms with E-state index in [1.54, 1.807) is 0 Å². The SMILES string of the molecule is Cc1nc(-c2cc(O)cc(F)c2)nc(N)c1C(C)C. The van der Waals surface area contributed by atoms with Gasteiger partial charge in [-0.05, 0) is 25.0 Å². The van der Waals surface area contributed by atoms with Crippen molar-refractivity contribution in [3.05, 3.63) is 35.3 Å². The van der Waals surface area contributed by atoms with Crippen LogP contribution < -0.4 is 5.73 Å². The number of hydrogen-bond acceptors (Lipinski definition) is 4. The zero-order chi connectivity index (χ0) is 14.2. The lowest BCUT2D eigenvalue weighted by molar-refractivity contribution is 0.469. The van der Waals surface area contributed by atoms with Gasteiger partial charge < -0.3 is 10.8 Å². The van der Waals surface area contributed by atoms with E-state index in [0.29, 0.717) is 17.2 Å². The summed E-state index contributed by atoms with van der Waals surface area (Å²) >= 11 is 0. The number of benzene rings is 1. The average Bonchev–Trinajstić information content (AvgIpc) is 2.25. The van der Waals surface area contributed by atoms with E-state index in [2.05, 4.69) is 9.97 Å². The first-order chi connectivity index (χ1) is 8.88. The highest BCUT2D eigenvalue weighted by Crippen LogP contribution is 2.28. The van der Waals surface area contributed by atoms with Gasteiger partial charge in [0.1, 0.15) is 17.4 Å². The molecule has 2 aromatic rings. The Balaban J connectivity index is 2.58. The summed E-state index contributed by atoms with van der Waals surface area (Å²) in [6.07, 6.45) is 0. The lowest BCUT2D eigenvalue weighted by Gasteiger charge is -2.13. The second-order valence-electron chi connectivity index (χ2n) is 4.78. The zero-order valence-electron chi connectivity index (χ0n) is 11.1. The average molecular weight is 261 g/mol. The maximum absolute atomic E-state index is 13.3. The van der Waals surface area contributed by atoms with E-state index in [9.17, 15) is 9.50 Å². The standard InChI is InChI=1S/C14H16FN3O/c1-7(2)12-8(3)17-14(18-13(12)16)9-4-10(15)6-11(19)5-9/h4-7,19H,1-3H3,(H2,16,17,18). The van der Waals surface area contributed by atoms with Gasteiger partial charge in [0, 0.05) is 22.9 Å². The molecule has 0 fully saturated rings. The Kier molecular flexibility index (Phi) is 3.38. The van der Waals surface area contributed by atoms with Gasteiger partial charge in [-0.3, -0.25) is 0 Å². The van der Waals surface area contributed by atoms with E-state index in [1.165, 1.54) is 12.1 Å². The molecule has 19 heavy (non-hydrogen) atoms. The number of rotatable bonds is 2. The Hall–Kier alpha value is -2.17. The maximum atomic E-state index is 13.3. The monoisotopic (exact) mass is 261 g/mol. The minimum atomic E-state index is -0.539. The largest absolute Gasteiger partial charge is 0.508 e. The Bertz CT molecular complexity index is 583. The Morgan fingerprint density at radius 2 is 1.89 bits per heavy atom. The van der Waals surface area contributed by atoms with Crippen LogP contribution >= 0.6 is 0 Å². The molecule has 5 heteroatoms. The molecular weight excluding hydrogens is 245 g/mol. The molecule has 0 saturated carbocycles. The molecule has 4 nitrogen and oxygen atoms in total. The summed E-state index contributed by atoms with van der Waals surface area (Å²) in [4.78, 5) is 8.54. The van der Waals surface area contributed by atoms with Gasteiger partial charge in [0.05, 0.1) is 0 Å². The van der Waals surface area contributed by atoms with Crippen LogP contribution in [0.2, 0.25) is 0 Å². The summed E-state index contributed by atoms with van der Waals surface area (Å²) in [6, 6.07) is 3.71. The maximum Gasteiger partial charge on any atom is 0.161 e. The smallest absolute Gasteiger partial charge is 0.161 e. The van der Waals surface area contributed by atoms with Crippen molar-refractivity contribution in [3.63, 3.8) is 0 Å². The molecule has 0 aliphatic rings. The van der Waals surface area contributed by atoms with Crippen LogP contribution in [-0.4, -0.2) is 15.1 Å². The highest BCUT2D eigenvalue weighted by Gasteiger charge is 2.14. The number of phenolic OH excluding ortho intramolecular Hbond substituents is 1. The molecule has 2 rings (SSSR count). The summed E-state index contributed by atoms with van der Waals surface area (Å²) in [7, 11) is 0. The van der Waals surface area contributed by atoms with Crippen molar-refractivity contribution in [3.8, 4) is 17.1 Å². The first-order valence-corrected chi connectivity index (χ1v) is 6.02. The first-order valence-electron chi connectivity index (χ1n) is 6.02. The van der Waals surface area contributed by atoms with E-state index in [1.807, 2.05) is 20.8 Å². The van der Waals surface area contributed by atoms with Crippen LogP contribution in [0.4, 0.5) is 10.2 Å². The van der Waals surface area contributed by atoms with Crippen molar-refractivity contribution in [2.24, 2.45) is 0 Å². The molecule has 1 aromatic carbocycles. The molecule has 1 heterocycles. The lowest BCUT2D eigenvalue weighted by atomic mass is 10.0. The molecule has 100 valence electrons. The van der Waals surface area contributed by atoms with Gasteiger partial charge in [0.15, 0.2) is 5.82 Å². The first kappa shape index (κ1) is 13.3. The molecule has 0 atom stereocenters. The van der Waals surface area contributed by atoms with E-state index in [-0.39, 0.29) is 11.7 Å². The molecule has 0 amide bonds. The van der Waals surface area contributed by atoms with Crippen LogP contribution in [0, 0.1) is 12.7 Å². The number of hydrogen-bond donors (Lipinski definition) is 2. The van der Waals surface area contributed by atoms with Gasteiger partial charge in [0.25, 0.3) is 0 Å². The summed E-state index contributed by atoms with van der Waals surface area (Å²) in [6.45, 7) is 5.86. The van der Waals surface area contributed by atoms with E-state index < -0.39 is 5.82 Å². The Morgan fingerprint density at radius 1 is 1.21 bits per heavy atom. The Morgan fingerprint density at radius 3 is 2.42 bits per heavy atom. The van der Waals surface area contributed by atoms with E-state index in [4.69, 9.17) is 5.73 Å². The molecule has 0 unspecified atom stereocenters. The number of aromatic hydroxyl groups is 1. The van der Waals surface area contributed by atoms with Crippen LogP contribution in [-0.2, 0) is 0 Å². The van der Waals surface area contributed by atoms with Crippen LogP contribution in [0.5, 0.6) is 5.75 Å². The van der Waals surface area contributed by atoms with Gasteiger partial charge in [0.2, 0.25) is 0 Å². The van der Waals surface area contributed by atoms with Crippen molar-refractivity contribution in [2.75, 3.05) is 5.73 Å². The highest BCUT2D eigenvalue weighted by atomic mass is 19.1. The molecule has 0 spiro atoms. The van der Waals surface area contributed by atoms with Crippen LogP contribution in [0.3, 0.4) is 0 Å². The number of nitrogen functional groups attached to an aromatic ring is 1. The highest BCUT2D eigenvalue weighted by molar-refractivity contribution is 5.61. The molecule has 0 saturated heterocycles. The second kappa shape index (κ2) is 4.84. The summed E-state index contributed by atoms with van der Waals surface area (Å²) in [5.41, 5.74) is 7.99. The third-order valence-corrected chi connectivity index (χ3v) is 2.88. The fraction of sp³-hybridized carbons (Fsp3) is 0.286. The van der Waals surface area contributed by atoms with Gasteiger partial charge in [-0.1, -0.05) is 13.8 Å². The third kappa shape index (κ3) is 2.65. The number of aryl methyl sites for hydroxylation is 1. The molecule has 3 N–H and O–H groups in total. The summed E-state index contributed by atoms with van der Waals surface area (Å²) in [5, 5.41) is 9.41. The predicted octanol–water partition coefficient (Wildman–Crippen LogP) is 3.00. The Labute approximate surface area is 111 Å². The summed E-state index contributed by atoms with van der Waals surface area (Å²) in [5.74, 6) is 0.218. The quantitative estimate of drug-likeness (QED) is 0.871. The van der Waals surface area contributed by atoms with Gasteiger partial charge in [-0.15, -0.1) is 0 Å². The van der Waals surface area contributed by atoms with Crippen LogP contribution in [0.15, 0.2) is 18.2 Å². The molecule has 0 aliphatic carbocycles. The van der Waals surface area contributed by atoms with Crippen LogP contribution in [0.1, 0.15) is 31.0 Å². The molecular formula is C14H16FN3O. The molecule has 0 aliphatic heterocycles. The van der Waals surface area contributed by atoms with E-state index >= 15 is 0 Å². The van der Waals surface area contributed by atoms with Gasteiger partial charge in [-0.2, -0.15) is 0 Å². The fourth-order valence-electron chi connectivity index (χ4n) is 2.15. The van der Waals surface area contributed by atoms with Crippen molar-refractivity contribution in [2.45, 2.75) is 26.7 Å². The van der Waals surface area contributed by atoms with E-state index in [0.717, 1.165) is 17.3 Å². The number of anilines is 1. The van der Waals surface area contributed by atoms with Crippen molar-refractivity contribution in [1.29, 1.82) is 0 Å². The lowest BCUT2D eigenvalue weighted by Crippen LogP contribution is -2.06. The van der Waals surface area contributed by atoms with Gasteiger partial charge in [-0.25, -0.2) is 14.4 Å². The topological polar surface area (TPSA) is 72.0 Å².